The maximum Gasteiger partial charge on any atom is 0.417 e. The summed E-state index contributed by atoms with van der Waals surface area (Å²) in [4.78, 5) is 40.5. The lowest BCUT2D eigenvalue weighted by Crippen LogP contribution is -2.54. The zero-order chi connectivity index (χ0) is 35.4. The largest absolute Gasteiger partial charge is 0.444 e. The zero-order valence-electron chi connectivity index (χ0n) is 27.7. The van der Waals surface area contributed by atoms with E-state index in [-0.39, 0.29) is 49.9 Å². The van der Waals surface area contributed by atoms with Gasteiger partial charge in [-0.05, 0) is 87.4 Å². The molecule has 3 amide bonds. The summed E-state index contributed by atoms with van der Waals surface area (Å²) in [6.07, 6.45) is -0.498. The Morgan fingerprint density at radius 2 is 1.77 bits per heavy atom. The molecule has 256 valence electrons. The minimum absolute atomic E-state index is 0.0798. The molecule has 2 unspecified atom stereocenters. The third-order valence-corrected chi connectivity index (χ3v) is 8.74. The molecule has 0 radical (unpaired) electrons. The van der Waals surface area contributed by atoms with Gasteiger partial charge in [0.05, 0.1) is 17.2 Å². The molecule has 0 saturated carbocycles. The summed E-state index contributed by atoms with van der Waals surface area (Å²) in [5.74, 6) is -1.87. The average molecular weight is 667 g/mol. The lowest BCUT2D eigenvalue weighted by molar-refractivity contribution is -0.142. The number of allylic oxidation sites excluding steroid dienone is 3. The molecule has 0 aromatic heterocycles. The number of amides is 3. The summed E-state index contributed by atoms with van der Waals surface area (Å²) >= 11 is 0. The molecule has 9 nitrogen and oxygen atoms in total. The molecule has 0 bridgehead atoms. The molecule has 2 aromatic rings. The van der Waals surface area contributed by atoms with Crippen LogP contribution in [0.5, 0.6) is 0 Å². The van der Waals surface area contributed by atoms with Crippen LogP contribution in [-0.2, 0) is 15.7 Å². The zero-order valence-corrected chi connectivity index (χ0v) is 27.7. The highest BCUT2D eigenvalue weighted by molar-refractivity contribution is 5.98. The molecule has 1 fully saturated rings. The second kappa shape index (κ2) is 14.2. The minimum Gasteiger partial charge on any atom is -0.444 e. The van der Waals surface area contributed by atoms with Crippen molar-refractivity contribution in [2.24, 2.45) is 11.8 Å². The van der Waals surface area contributed by atoms with Crippen molar-refractivity contribution in [1.29, 1.82) is 5.26 Å². The Bertz CT molecular complexity index is 1660. The highest BCUT2D eigenvalue weighted by Crippen LogP contribution is 2.41. The molecule has 1 heterocycles. The molecule has 4 rings (SSSR count). The van der Waals surface area contributed by atoms with Gasteiger partial charge in [0.1, 0.15) is 11.2 Å². The van der Waals surface area contributed by atoms with E-state index in [9.17, 15) is 37.9 Å². The van der Waals surface area contributed by atoms with Gasteiger partial charge in [-0.25, -0.2) is 4.79 Å². The van der Waals surface area contributed by atoms with E-state index in [0.29, 0.717) is 18.1 Å². The van der Waals surface area contributed by atoms with Gasteiger partial charge in [0.2, 0.25) is 0 Å². The number of hydrogen-bond donors (Lipinski definition) is 3. The second-order valence-corrected chi connectivity index (χ2v) is 13.3. The van der Waals surface area contributed by atoms with Gasteiger partial charge in [-0.15, -0.1) is 0 Å². The van der Waals surface area contributed by atoms with Crippen molar-refractivity contribution in [2.75, 3.05) is 25.5 Å². The first-order valence-corrected chi connectivity index (χ1v) is 15.8. The van der Waals surface area contributed by atoms with Crippen LogP contribution in [0.4, 0.5) is 23.7 Å². The molecule has 2 aromatic carbocycles. The molecular formula is C36H41F3N4O5. The topological polar surface area (TPSA) is 132 Å². The van der Waals surface area contributed by atoms with Crippen LogP contribution >= 0.6 is 0 Å². The van der Waals surface area contributed by atoms with E-state index < -0.39 is 46.4 Å². The Morgan fingerprint density at radius 1 is 1.08 bits per heavy atom. The van der Waals surface area contributed by atoms with Gasteiger partial charge in [0.15, 0.2) is 0 Å². The number of nitrogens with zero attached hydrogens (tertiary/aromatic N) is 2. The smallest absolute Gasteiger partial charge is 0.417 e. The number of hydrogen-bond acceptors (Lipinski definition) is 6. The van der Waals surface area contributed by atoms with E-state index in [4.69, 9.17) is 4.74 Å². The average Bonchev–Trinajstić information content (AvgIpc) is 3.04. The molecule has 1 aliphatic carbocycles. The molecule has 3 N–H and O–H groups in total. The van der Waals surface area contributed by atoms with Crippen molar-refractivity contribution in [1.82, 2.24) is 10.2 Å². The highest BCUT2D eigenvalue weighted by Gasteiger charge is 2.47. The lowest BCUT2D eigenvalue weighted by Gasteiger charge is -2.42. The van der Waals surface area contributed by atoms with Gasteiger partial charge in [0, 0.05) is 43.7 Å². The van der Waals surface area contributed by atoms with Crippen LogP contribution in [0.15, 0.2) is 60.2 Å². The van der Waals surface area contributed by atoms with Crippen LogP contribution in [0.3, 0.4) is 0 Å². The van der Waals surface area contributed by atoms with Crippen LogP contribution in [0.2, 0.25) is 0 Å². The number of rotatable bonds is 7. The quantitative estimate of drug-likeness (QED) is 0.302. The predicted molar refractivity (Wildman–Crippen MR) is 175 cm³/mol. The monoisotopic (exact) mass is 666 g/mol. The first-order chi connectivity index (χ1) is 22.4. The van der Waals surface area contributed by atoms with Crippen molar-refractivity contribution in [3.63, 3.8) is 0 Å². The number of aliphatic hydroxyl groups is 1. The number of likely N-dealkylation sites (tertiary alicyclic amines) is 1. The normalized spacial score (nSPS) is 18.5. The molecule has 1 aliphatic heterocycles. The Balaban J connectivity index is 1.67. The number of piperidine rings is 1. The van der Waals surface area contributed by atoms with Gasteiger partial charge >= 0.3 is 12.3 Å². The molecule has 1 saturated heterocycles. The Kier molecular flexibility index (Phi) is 10.7. The molecule has 2 aliphatic rings. The molecule has 12 heteroatoms. The van der Waals surface area contributed by atoms with Crippen LogP contribution in [-0.4, -0.2) is 59.3 Å². The van der Waals surface area contributed by atoms with Gasteiger partial charge in [-0.2, -0.15) is 18.4 Å². The first-order valence-electron chi connectivity index (χ1n) is 15.8. The number of halogens is 3. The van der Waals surface area contributed by atoms with Gasteiger partial charge in [0.25, 0.3) is 11.8 Å². The Morgan fingerprint density at radius 3 is 2.38 bits per heavy atom. The number of nitrogens with one attached hydrogen (secondary N) is 2. The molecule has 48 heavy (non-hydrogen) atoms. The first kappa shape index (κ1) is 36.2. The number of carbonyl (C=O) groups excluding carboxylic acids is 3. The lowest BCUT2D eigenvalue weighted by atomic mass is 9.72. The summed E-state index contributed by atoms with van der Waals surface area (Å²) in [6.45, 7) is 7.63. The van der Waals surface area contributed by atoms with E-state index in [1.165, 1.54) is 17.0 Å². The van der Waals surface area contributed by atoms with Crippen LogP contribution in [0.1, 0.15) is 80.4 Å². The van der Waals surface area contributed by atoms with Gasteiger partial charge < -0.3 is 25.4 Å². The van der Waals surface area contributed by atoms with Gasteiger partial charge in [-0.1, -0.05) is 36.8 Å². The van der Waals surface area contributed by atoms with E-state index in [1.54, 1.807) is 46.0 Å². The predicted octanol–water partition coefficient (Wildman–Crippen LogP) is 6.69. The second-order valence-electron chi connectivity index (χ2n) is 13.3. The van der Waals surface area contributed by atoms with E-state index in [2.05, 4.69) is 10.6 Å². The SMILES string of the molecule is CNC(=O)c1cccc(C2=CCC(C)C(CC(O)(C(=O)Nc3ccc(C#N)c(C(F)(F)F)c3)C3CCN(C(=O)OC(C)(C)C)CC3)=C2)c1. The number of ether oxygens (including phenoxy) is 1. The number of carbonyl (C=O) groups is 3. The van der Waals surface area contributed by atoms with E-state index in [1.807, 2.05) is 25.1 Å². The fourth-order valence-corrected chi connectivity index (χ4v) is 6.05. The van der Waals surface area contributed by atoms with E-state index >= 15 is 0 Å². The van der Waals surface area contributed by atoms with Crippen molar-refractivity contribution in [3.05, 3.63) is 82.4 Å². The van der Waals surface area contributed by atoms with Crippen molar-refractivity contribution in [2.45, 2.75) is 70.8 Å². The summed E-state index contributed by atoms with van der Waals surface area (Å²) in [7, 11) is 1.54. The number of alkyl halides is 3. The van der Waals surface area contributed by atoms with Crippen LogP contribution in [0, 0.1) is 23.2 Å². The minimum atomic E-state index is -4.84. The number of nitriles is 1. The Labute approximate surface area is 278 Å². The third-order valence-electron chi connectivity index (χ3n) is 8.74. The summed E-state index contributed by atoms with van der Waals surface area (Å²) < 4.78 is 46.6. The number of benzene rings is 2. The van der Waals surface area contributed by atoms with Crippen molar-refractivity contribution >= 4 is 29.2 Å². The maximum atomic E-state index is 14.0. The summed E-state index contributed by atoms with van der Waals surface area (Å²) in [5, 5.41) is 26.6. The third kappa shape index (κ3) is 8.44. The molecule has 0 spiro atoms. The summed E-state index contributed by atoms with van der Waals surface area (Å²) in [6, 6.07) is 11.5. The maximum absolute atomic E-state index is 14.0. The van der Waals surface area contributed by atoms with Crippen molar-refractivity contribution < 1.29 is 37.4 Å². The number of anilines is 1. The van der Waals surface area contributed by atoms with Crippen LogP contribution in [0.25, 0.3) is 5.57 Å². The van der Waals surface area contributed by atoms with E-state index in [0.717, 1.165) is 22.8 Å². The fourth-order valence-electron chi connectivity index (χ4n) is 6.05. The fraction of sp³-hybridized carbons (Fsp3) is 0.444. The van der Waals surface area contributed by atoms with Crippen LogP contribution < -0.4 is 10.6 Å². The highest BCUT2D eigenvalue weighted by atomic mass is 19.4. The Hall–Kier alpha value is -4.63. The van der Waals surface area contributed by atoms with Crippen molar-refractivity contribution in [3.8, 4) is 6.07 Å². The standard InChI is InChI=1S/C36H41F3N4O5/c1-22-9-10-24(23-7-6-8-25(17-23)31(44)41-5)18-27(22)20-35(47,28-13-15-43(16-14-28)33(46)48-34(2,3)4)32(45)42-29-12-11-26(21-40)30(19-29)36(37,38)39/h6-8,10-12,17-19,22,28,47H,9,13-16,20H2,1-5H3,(H,41,44)(H,42,45). The molecular weight excluding hydrogens is 625 g/mol. The molecule has 2 atom stereocenters. The van der Waals surface area contributed by atoms with Gasteiger partial charge in [-0.3, -0.25) is 9.59 Å². The summed E-state index contributed by atoms with van der Waals surface area (Å²) in [5.41, 5.74) is -1.99.